The molecule has 4 rings (SSSR count). The average molecular weight is 363 g/mol. The van der Waals surface area contributed by atoms with Gasteiger partial charge < -0.3 is 9.64 Å². The molecule has 0 spiro atoms. The summed E-state index contributed by atoms with van der Waals surface area (Å²) in [6, 6.07) is 17.6. The predicted octanol–water partition coefficient (Wildman–Crippen LogP) is 5.24. The quantitative estimate of drug-likeness (QED) is 0.497. The van der Waals surface area contributed by atoms with E-state index >= 15 is 0 Å². The topological polar surface area (TPSA) is 51.1 Å². The lowest BCUT2D eigenvalue weighted by Crippen LogP contribution is -2.08. The average Bonchev–Trinajstić information content (AvgIpc) is 2.68. The van der Waals surface area contributed by atoms with Crippen LogP contribution in [0, 0.1) is 0 Å². The van der Waals surface area contributed by atoms with E-state index in [0.717, 1.165) is 27.3 Å². The highest BCUT2D eigenvalue weighted by Gasteiger charge is 2.06. The molecule has 2 heterocycles. The van der Waals surface area contributed by atoms with Gasteiger partial charge in [0.2, 0.25) is 0 Å². The minimum Gasteiger partial charge on any atom is -0.424 e. The first-order chi connectivity index (χ1) is 12.7. The van der Waals surface area contributed by atoms with Crippen molar-refractivity contribution in [1.82, 2.24) is 15.0 Å². The molecule has 0 amide bonds. The molecule has 0 bridgehead atoms. The number of anilines is 2. The number of hydrogen-bond donors (Lipinski definition) is 0. The normalized spacial score (nSPS) is 10.7. The Kier molecular flexibility index (Phi) is 4.37. The van der Waals surface area contributed by atoms with Crippen molar-refractivity contribution < 1.29 is 4.74 Å². The van der Waals surface area contributed by atoms with Gasteiger partial charge >= 0.3 is 6.01 Å². The van der Waals surface area contributed by atoms with E-state index in [-0.39, 0.29) is 0 Å². The molecule has 2 aromatic carbocycles. The third-order valence-electron chi connectivity index (χ3n) is 4.01. The molecular weight excluding hydrogens is 348 g/mol. The summed E-state index contributed by atoms with van der Waals surface area (Å²) in [4.78, 5) is 14.7. The Hall–Kier alpha value is -3.18. The maximum absolute atomic E-state index is 5.95. The fourth-order valence-corrected chi connectivity index (χ4v) is 2.69. The first-order valence-corrected chi connectivity index (χ1v) is 8.41. The van der Waals surface area contributed by atoms with Gasteiger partial charge in [0.15, 0.2) is 0 Å². The van der Waals surface area contributed by atoms with Gasteiger partial charge in [-0.1, -0.05) is 11.6 Å². The molecule has 0 atom stereocenters. The van der Waals surface area contributed by atoms with Gasteiger partial charge in [-0.25, -0.2) is 4.98 Å². The van der Waals surface area contributed by atoms with Crippen LogP contribution < -0.4 is 9.64 Å². The van der Waals surface area contributed by atoms with Crippen LogP contribution in [0.5, 0.6) is 11.8 Å². The van der Waals surface area contributed by atoms with Crippen LogP contribution in [0.3, 0.4) is 0 Å². The summed E-state index contributed by atoms with van der Waals surface area (Å²) in [6.07, 6.45) is 5.12. The first-order valence-electron chi connectivity index (χ1n) is 8.03. The number of rotatable bonds is 4. The molecule has 4 aromatic rings. The lowest BCUT2D eigenvalue weighted by Gasteiger charge is -2.19. The molecule has 128 valence electrons. The Labute approximate surface area is 155 Å². The van der Waals surface area contributed by atoms with Gasteiger partial charge in [0.1, 0.15) is 5.75 Å². The minimum absolute atomic E-state index is 0.296. The molecule has 26 heavy (non-hydrogen) atoms. The first kappa shape index (κ1) is 16.3. The van der Waals surface area contributed by atoms with Crippen LogP contribution in [0.4, 0.5) is 11.4 Å². The summed E-state index contributed by atoms with van der Waals surface area (Å²) >= 11 is 5.95. The lowest BCUT2D eigenvalue weighted by molar-refractivity contribution is 0.444. The minimum atomic E-state index is 0.296. The van der Waals surface area contributed by atoms with Gasteiger partial charge in [0, 0.05) is 41.2 Å². The molecule has 0 radical (unpaired) electrons. The van der Waals surface area contributed by atoms with E-state index in [1.807, 2.05) is 61.6 Å². The van der Waals surface area contributed by atoms with Crippen molar-refractivity contribution in [3.8, 4) is 11.8 Å². The zero-order valence-corrected chi connectivity index (χ0v) is 14.8. The molecular formula is C20H15ClN4O. The second-order valence-electron chi connectivity index (χ2n) is 5.72. The molecule has 0 unspecified atom stereocenters. The van der Waals surface area contributed by atoms with Crippen molar-refractivity contribution in [3.05, 3.63) is 78.2 Å². The second-order valence-corrected chi connectivity index (χ2v) is 6.15. The van der Waals surface area contributed by atoms with Crippen LogP contribution in [0.15, 0.2) is 73.2 Å². The van der Waals surface area contributed by atoms with Crippen LogP contribution in [0.25, 0.3) is 10.9 Å². The van der Waals surface area contributed by atoms with E-state index in [4.69, 9.17) is 16.3 Å². The number of halogens is 1. The highest BCUT2D eigenvalue weighted by molar-refractivity contribution is 6.30. The van der Waals surface area contributed by atoms with Crippen LogP contribution in [0.1, 0.15) is 0 Å². The Morgan fingerprint density at radius 3 is 2.31 bits per heavy atom. The van der Waals surface area contributed by atoms with Gasteiger partial charge in [-0.15, -0.1) is 0 Å². The van der Waals surface area contributed by atoms with E-state index < -0.39 is 0 Å². The van der Waals surface area contributed by atoms with Crippen LogP contribution in [0.2, 0.25) is 5.02 Å². The zero-order chi connectivity index (χ0) is 17.9. The van der Waals surface area contributed by atoms with Gasteiger partial charge in [-0.05, 0) is 54.6 Å². The number of hydrogen-bond acceptors (Lipinski definition) is 5. The second kappa shape index (κ2) is 6.98. The number of nitrogens with zero attached hydrogens (tertiary/aromatic N) is 4. The Morgan fingerprint density at radius 1 is 0.885 bits per heavy atom. The van der Waals surface area contributed by atoms with Crippen molar-refractivity contribution >= 4 is 33.9 Å². The maximum atomic E-state index is 5.95. The van der Waals surface area contributed by atoms with Crippen molar-refractivity contribution in [2.45, 2.75) is 0 Å². The highest BCUT2D eigenvalue weighted by atomic mass is 35.5. The van der Waals surface area contributed by atoms with E-state index in [1.165, 1.54) is 0 Å². The van der Waals surface area contributed by atoms with E-state index in [1.54, 1.807) is 18.6 Å². The number of benzene rings is 2. The third kappa shape index (κ3) is 3.43. The monoisotopic (exact) mass is 362 g/mol. The molecule has 6 heteroatoms. The summed E-state index contributed by atoms with van der Waals surface area (Å²) in [5.41, 5.74) is 2.83. The standard InChI is InChI=1S/C20H15ClN4O/c1-25(16-4-2-15(21)3-5-16)17-6-8-18(9-7-17)26-20-23-12-14-10-11-22-13-19(14)24-20/h2-13H,1H3. The van der Waals surface area contributed by atoms with Crippen LogP contribution in [-0.4, -0.2) is 22.0 Å². The third-order valence-corrected chi connectivity index (χ3v) is 4.26. The van der Waals surface area contributed by atoms with Gasteiger partial charge in [0.05, 0.1) is 11.7 Å². The maximum Gasteiger partial charge on any atom is 0.322 e. The number of aromatic nitrogens is 3. The fraction of sp³-hybridized carbons (Fsp3) is 0.0500. The number of fused-ring (bicyclic) bond motifs is 1. The van der Waals surface area contributed by atoms with E-state index in [0.29, 0.717) is 11.8 Å². The number of pyridine rings is 1. The Morgan fingerprint density at radius 2 is 1.58 bits per heavy atom. The van der Waals surface area contributed by atoms with Crippen LogP contribution in [-0.2, 0) is 0 Å². The highest BCUT2D eigenvalue weighted by Crippen LogP contribution is 2.28. The molecule has 0 saturated heterocycles. The Bertz CT molecular complexity index is 1040. The largest absolute Gasteiger partial charge is 0.424 e. The molecule has 5 nitrogen and oxygen atoms in total. The Balaban J connectivity index is 1.52. The van der Waals surface area contributed by atoms with Gasteiger partial charge in [-0.2, -0.15) is 4.98 Å². The molecule has 0 saturated carbocycles. The molecule has 0 aliphatic rings. The smallest absolute Gasteiger partial charge is 0.322 e. The van der Waals surface area contributed by atoms with E-state index in [2.05, 4.69) is 19.9 Å². The van der Waals surface area contributed by atoms with Crippen molar-refractivity contribution in [2.75, 3.05) is 11.9 Å². The van der Waals surface area contributed by atoms with Crippen LogP contribution >= 0.6 is 11.6 Å². The van der Waals surface area contributed by atoms with Crippen molar-refractivity contribution in [1.29, 1.82) is 0 Å². The SMILES string of the molecule is CN(c1ccc(Cl)cc1)c1ccc(Oc2ncc3ccncc3n2)cc1. The number of ether oxygens (including phenoxy) is 1. The van der Waals surface area contributed by atoms with Gasteiger partial charge in [0.25, 0.3) is 0 Å². The van der Waals surface area contributed by atoms with Crippen molar-refractivity contribution in [3.63, 3.8) is 0 Å². The van der Waals surface area contributed by atoms with E-state index in [9.17, 15) is 0 Å². The zero-order valence-electron chi connectivity index (χ0n) is 14.0. The fourth-order valence-electron chi connectivity index (χ4n) is 2.56. The summed E-state index contributed by atoms with van der Waals surface area (Å²) in [5.74, 6) is 0.668. The summed E-state index contributed by atoms with van der Waals surface area (Å²) in [6.45, 7) is 0. The summed E-state index contributed by atoms with van der Waals surface area (Å²) < 4.78 is 5.76. The predicted molar refractivity (Wildman–Crippen MR) is 103 cm³/mol. The lowest BCUT2D eigenvalue weighted by atomic mass is 10.2. The van der Waals surface area contributed by atoms with Gasteiger partial charge in [-0.3, -0.25) is 4.98 Å². The molecule has 0 aliphatic heterocycles. The molecule has 0 aliphatic carbocycles. The van der Waals surface area contributed by atoms with Crippen molar-refractivity contribution in [2.24, 2.45) is 0 Å². The summed E-state index contributed by atoms with van der Waals surface area (Å²) in [5, 5.41) is 1.64. The summed E-state index contributed by atoms with van der Waals surface area (Å²) in [7, 11) is 2.00. The molecule has 0 fully saturated rings. The molecule has 0 N–H and O–H groups in total. The molecule has 2 aromatic heterocycles.